The minimum atomic E-state index is -3.86. The number of carbonyl (C=O) groups is 2. The minimum Gasteiger partial charge on any atom is -0.455 e. The summed E-state index contributed by atoms with van der Waals surface area (Å²) in [6, 6.07) is 12.1. The summed E-state index contributed by atoms with van der Waals surface area (Å²) in [4.78, 5) is 25.0. The molecule has 0 aromatic heterocycles. The first-order valence-corrected chi connectivity index (χ1v) is 9.86. The number of rotatable bonds is 8. The van der Waals surface area contributed by atoms with E-state index in [2.05, 4.69) is 4.72 Å². The Morgan fingerprint density at radius 3 is 2.39 bits per heavy atom. The van der Waals surface area contributed by atoms with E-state index < -0.39 is 40.9 Å². The second kappa shape index (κ2) is 9.43. The fourth-order valence-corrected chi connectivity index (χ4v) is 3.20. The van der Waals surface area contributed by atoms with E-state index >= 15 is 0 Å². The van der Waals surface area contributed by atoms with Gasteiger partial charge in [0.25, 0.3) is 5.91 Å². The highest BCUT2D eigenvalue weighted by Crippen LogP contribution is 2.10. The van der Waals surface area contributed by atoms with Gasteiger partial charge in [0, 0.05) is 19.2 Å². The van der Waals surface area contributed by atoms with Gasteiger partial charge in [-0.05, 0) is 25.1 Å². The molecule has 0 aliphatic rings. The molecule has 1 N–H and O–H groups in total. The predicted molar refractivity (Wildman–Crippen MR) is 100 cm³/mol. The maximum atomic E-state index is 13.6. The van der Waals surface area contributed by atoms with E-state index in [0.717, 1.165) is 5.56 Å². The van der Waals surface area contributed by atoms with Crippen molar-refractivity contribution >= 4 is 21.9 Å². The van der Waals surface area contributed by atoms with Crippen LogP contribution in [0.4, 0.5) is 4.39 Å². The van der Waals surface area contributed by atoms with Gasteiger partial charge in [-0.3, -0.25) is 9.59 Å². The number of nitrogens with zero attached hydrogens (tertiary/aromatic N) is 1. The second-order valence-electron chi connectivity index (χ2n) is 6.14. The molecule has 7 nitrogen and oxygen atoms in total. The number of halogens is 1. The summed E-state index contributed by atoms with van der Waals surface area (Å²) in [5.41, 5.74) is 1.23. The smallest absolute Gasteiger partial charge is 0.321 e. The van der Waals surface area contributed by atoms with Gasteiger partial charge in [0.15, 0.2) is 6.61 Å². The molecule has 0 unspecified atom stereocenters. The van der Waals surface area contributed by atoms with E-state index in [1.807, 2.05) is 6.92 Å². The molecule has 0 radical (unpaired) electrons. The van der Waals surface area contributed by atoms with E-state index in [1.54, 1.807) is 30.3 Å². The van der Waals surface area contributed by atoms with E-state index in [9.17, 15) is 22.4 Å². The highest BCUT2D eigenvalue weighted by atomic mass is 32.2. The minimum absolute atomic E-state index is 0.0170. The van der Waals surface area contributed by atoms with Gasteiger partial charge < -0.3 is 9.64 Å². The standard InChI is InChI=1S/C19H21FN2O5S/c1-14-7-9-16(10-8-14)28(25,26)21-11-19(24)27-13-18(23)22(2)12-15-5-3-4-6-17(15)20/h3-10,21H,11-13H2,1-2H3. The Bertz CT molecular complexity index is 945. The summed E-state index contributed by atoms with van der Waals surface area (Å²) < 4.78 is 44.7. The lowest BCUT2D eigenvalue weighted by molar-refractivity contribution is -0.150. The van der Waals surface area contributed by atoms with E-state index in [1.165, 1.54) is 30.1 Å². The summed E-state index contributed by atoms with van der Waals surface area (Å²) in [5, 5.41) is 0. The third-order valence-electron chi connectivity index (χ3n) is 3.89. The zero-order valence-electron chi connectivity index (χ0n) is 15.5. The van der Waals surface area contributed by atoms with Crippen molar-refractivity contribution in [1.82, 2.24) is 9.62 Å². The molecule has 2 rings (SSSR count). The van der Waals surface area contributed by atoms with Gasteiger partial charge in [-0.15, -0.1) is 0 Å². The average Bonchev–Trinajstić information content (AvgIpc) is 2.66. The van der Waals surface area contributed by atoms with Crippen LogP contribution in [0.3, 0.4) is 0 Å². The summed E-state index contributed by atoms with van der Waals surface area (Å²) in [6.45, 7) is 0.654. The lowest BCUT2D eigenvalue weighted by Gasteiger charge is -2.17. The Morgan fingerprint density at radius 1 is 1.11 bits per heavy atom. The van der Waals surface area contributed by atoms with Crippen LogP contribution in [0.1, 0.15) is 11.1 Å². The average molecular weight is 408 g/mol. The first-order chi connectivity index (χ1) is 13.2. The van der Waals surface area contributed by atoms with Crippen molar-refractivity contribution in [2.24, 2.45) is 0 Å². The van der Waals surface area contributed by atoms with Crippen LogP contribution in [0.2, 0.25) is 0 Å². The van der Waals surface area contributed by atoms with Crippen molar-refractivity contribution in [3.05, 3.63) is 65.5 Å². The molecule has 0 atom stereocenters. The van der Waals surface area contributed by atoms with Crippen molar-refractivity contribution < 1.29 is 27.1 Å². The third-order valence-corrected chi connectivity index (χ3v) is 5.30. The number of hydrogen-bond acceptors (Lipinski definition) is 5. The topological polar surface area (TPSA) is 92.8 Å². The van der Waals surface area contributed by atoms with Crippen molar-refractivity contribution in [3.63, 3.8) is 0 Å². The van der Waals surface area contributed by atoms with Gasteiger partial charge in [0.1, 0.15) is 12.4 Å². The second-order valence-corrected chi connectivity index (χ2v) is 7.91. The molecule has 0 bridgehead atoms. The number of ether oxygens (including phenoxy) is 1. The molecule has 0 aliphatic carbocycles. The normalized spacial score (nSPS) is 11.1. The Balaban J connectivity index is 1.80. The summed E-state index contributed by atoms with van der Waals surface area (Å²) in [5.74, 6) is -1.88. The summed E-state index contributed by atoms with van der Waals surface area (Å²) in [6.07, 6.45) is 0. The van der Waals surface area contributed by atoms with Crippen LogP contribution in [0, 0.1) is 12.7 Å². The van der Waals surface area contributed by atoms with Crippen LogP contribution in [-0.2, 0) is 30.9 Å². The van der Waals surface area contributed by atoms with Gasteiger partial charge in [0.2, 0.25) is 10.0 Å². The molecule has 0 saturated heterocycles. The number of amides is 1. The van der Waals surface area contributed by atoms with Crippen molar-refractivity contribution in [3.8, 4) is 0 Å². The molecule has 9 heteroatoms. The molecule has 0 saturated carbocycles. The number of esters is 1. The van der Waals surface area contributed by atoms with Gasteiger partial charge in [-0.2, -0.15) is 4.72 Å². The number of carbonyl (C=O) groups excluding carboxylic acids is 2. The highest BCUT2D eigenvalue weighted by Gasteiger charge is 2.18. The monoisotopic (exact) mass is 408 g/mol. The Labute approximate surface area is 163 Å². The number of sulfonamides is 1. The van der Waals surface area contributed by atoms with Crippen LogP contribution < -0.4 is 4.72 Å². The number of nitrogens with one attached hydrogen (secondary N) is 1. The highest BCUT2D eigenvalue weighted by molar-refractivity contribution is 7.89. The maximum Gasteiger partial charge on any atom is 0.321 e. The summed E-state index contributed by atoms with van der Waals surface area (Å²) >= 11 is 0. The van der Waals surface area contributed by atoms with Crippen molar-refractivity contribution in [1.29, 1.82) is 0 Å². The molecular formula is C19H21FN2O5S. The lowest BCUT2D eigenvalue weighted by Crippen LogP contribution is -2.34. The molecule has 0 heterocycles. The van der Waals surface area contributed by atoms with Gasteiger partial charge in [-0.1, -0.05) is 35.9 Å². The maximum absolute atomic E-state index is 13.6. The molecule has 150 valence electrons. The van der Waals surface area contributed by atoms with Crippen LogP contribution in [-0.4, -0.2) is 45.4 Å². The van der Waals surface area contributed by atoms with Crippen LogP contribution >= 0.6 is 0 Å². The predicted octanol–water partition coefficient (Wildman–Crippen LogP) is 1.61. The van der Waals surface area contributed by atoms with Crippen molar-refractivity contribution in [2.75, 3.05) is 20.2 Å². The molecular weight excluding hydrogens is 387 g/mol. The number of likely N-dealkylation sites (N-methyl/N-ethyl adjacent to an activating group) is 1. The van der Waals surface area contributed by atoms with E-state index in [-0.39, 0.29) is 11.4 Å². The molecule has 28 heavy (non-hydrogen) atoms. The van der Waals surface area contributed by atoms with Crippen LogP contribution in [0.15, 0.2) is 53.4 Å². The fourth-order valence-electron chi connectivity index (χ4n) is 2.23. The lowest BCUT2D eigenvalue weighted by atomic mass is 10.2. The number of benzene rings is 2. The number of hydrogen-bond donors (Lipinski definition) is 1. The molecule has 1 amide bonds. The third kappa shape index (κ3) is 6.14. The Hall–Kier alpha value is -2.78. The molecule has 2 aromatic rings. The van der Waals surface area contributed by atoms with Gasteiger partial charge in [0.05, 0.1) is 4.90 Å². The zero-order chi connectivity index (χ0) is 20.7. The largest absolute Gasteiger partial charge is 0.455 e. The molecule has 0 aliphatic heterocycles. The quantitative estimate of drug-likeness (QED) is 0.670. The number of aryl methyl sites for hydroxylation is 1. The zero-order valence-corrected chi connectivity index (χ0v) is 16.3. The van der Waals surface area contributed by atoms with Crippen LogP contribution in [0.25, 0.3) is 0 Å². The van der Waals surface area contributed by atoms with E-state index in [4.69, 9.17) is 4.74 Å². The van der Waals surface area contributed by atoms with Gasteiger partial charge in [-0.25, -0.2) is 12.8 Å². The molecule has 0 spiro atoms. The van der Waals surface area contributed by atoms with E-state index in [0.29, 0.717) is 5.56 Å². The van der Waals surface area contributed by atoms with Crippen molar-refractivity contribution in [2.45, 2.75) is 18.4 Å². The first-order valence-electron chi connectivity index (χ1n) is 8.38. The summed E-state index contributed by atoms with van der Waals surface area (Å²) in [7, 11) is -2.41. The SMILES string of the molecule is Cc1ccc(S(=O)(=O)NCC(=O)OCC(=O)N(C)Cc2ccccc2F)cc1. The Kier molecular flexibility index (Phi) is 7.24. The molecule has 2 aromatic carbocycles. The fraction of sp³-hybridized carbons (Fsp3) is 0.263. The first kappa shape index (κ1) is 21.5. The van der Waals surface area contributed by atoms with Gasteiger partial charge >= 0.3 is 5.97 Å². The molecule has 0 fully saturated rings. The van der Waals surface area contributed by atoms with Crippen LogP contribution in [0.5, 0.6) is 0 Å². The Morgan fingerprint density at radius 2 is 1.75 bits per heavy atom.